The largest absolute Gasteiger partial charge is 0.461 e. The fraction of sp³-hybridized carbons (Fsp3) is 0.375. The van der Waals surface area contributed by atoms with Gasteiger partial charge in [-0.25, -0.2) is 0 Å². The Kier molecular flexibility index (Phi) is 4.29. The molecule has 0 aromatic heterocycles. The highest BCUT2D eigenvalue weighted by molar-refractivity contribution is 5.71. The summed E-state index contributed by atoms with van der Waals surface area (Å²) in [5, 5.41) is 0. The van der Waals surface area contributed by atoms with E-state index in [2.05, 4.69) is 13.2 Å². The van der Waals surface area contributed by atoms with E-state index < -0.39 is 0 Å². The highest BCUT2D eigenvalue weighted by atomic mass is 16.5. The number of carbonyl (C=O) groups excluding carboxylic acids is 1. The Morgan fingerprint density at radius 3 is 2.70 bits per heavy atom. The molecule has 2 heteroatoms. The summed E-state index contributed by atoms with van der Waals surface area (Å²) in [6.07, 6.45) is 1.79. The van der Waals surface area contributed by atoms with Crippen LogP contribution in [0.5, 0.6) is 0 Å². The Hall–Kier alpha value is -1.05. The maximum Gasteiger partial charge on any atom is 0.309 e. The summed E-state index contributed by atoms with van der Waals surface area (Å²) in [4.78, 5) is 10.6. The maximum atomic E-state index is 10.6. The van der Waals surface area contributed by atoms with Crippen LogP contribution in [0.4, 0.5) is 0 Å². The van der Waals surface area contributed by atoms with Gasteiger partial charge in [0.15, 0.2) is 0 Å². The zero-order valence-electron chi connectivity index (χ0n) is 6.22. The van der Waals surface area contributed by atoms with E-state index in [0.717, 1.165) is 5.57 Å². The quantitative estimate of drug-likeness (QED) is 0.438. The van der Waals surface area contributed by atoms with Gasteiger partial charge in [-0.1, -0.05) is 12.7 Å². The minimum atomic E-state index is -0.252. The molecule has 10 heavy (non-hydrogen) atoms. The average Bonchev–Trinajstić information content (AvgIpc) is 1.85. The van der Waals surface area contributed by atoms with Crippen molar-refractivity contribution in [1.29, 1.82) is 0 Å². The molecule has 0 fully saturated rings. The van der Waals surface area contributed by atoms with E-state index in [0.29, 0.717) is 6.61 Å². The average molecular weight is 140 g/mol. The second-order valence-electron chi connectivity index (χ2n) is 2.11. The standard InChI is InChI=1S/C8H12O2/c1-4-5-8(9)10-6-7(2)3/h4H,1-2,5-6H2,3H3. The lowest BCUT2D eigenvalue weighted by Crippen LogP contribution is -2.04. The third kappa shape index (κ3) is 5.09. The zero-order valence-corrected chi connectivity index (χ0v) is 6.22. The lowest BCUT2D eigenvalue weighted by molar-refractivity contribution is -0.141. The van der Waals surface area contributed by atoms with Crippen LogP contribution in [0, 0.1) is 0 Å². The molecule has 0 aliphatic carbocycles. The first kappa shape index (κ1) is 8.95. The predicted octanol–water partition coefficient (Wildman–Crippen LogP) is 1.68. The molecule has 2 nitrogen and oxygen atoms in total. The van der Waals surface area contributed by atoms with Gasteiger partial charge in [0.2, 0.25) is 0 Å². The molecule has 0 N–H and O–H groups in total. The van der Waals surface area contributed by atoms with Crippen LogP contribution in [-0.4, -0.2) is 12.6 Å². The van der Waals surface area contributed by atoms with Crippen LogP contribution in [0.2, 0.25) is 0 Å². The van der Waals surface area contributed by atoms with Gasteiger partial charge in [-0.05, 0) is 12.5 Å². The molecule has 56 valence electrons. The van der Waals surface area contributed by atoms with Crippen molar-refractivity contribution in [1.82, 2.24) is 0 Å². The third-order valence-corrected chi connectivity index (χ3v) is 0.791. The van der Waals surface area contributed by atoms with Gasteiger partial charge in [-0.3, -0.25) is 4.79 Å². The summed E-state index contributed by atoms with van der Waals surface area (Å²) in [5.41, 5.74) is 0.845. The van der Waals surface area contributed by atoms with Crippen LogP contribution < -0.4 is 0 Å². The first-order chi connectivity index (χ1) is 4.66. The molecule has 0 atom stereocenters. The summed E-state index contributed by atoms with van der Waals surface area (Å²) in [5.74, 6) is -0.252. The number of hydrogen-bond donors (Lipinski definition) is 0. The van der Waals surface area contributed by atoms with Crippen molar-refractivity contribution < 1.29 is 9.53 Å². The monoisotopic (exact) mass is 140 g/mol. The highest BCUT2D eigenvalue weighted by Crippen LogP contribution is 1.91. The zero-order chi connectivity index (χ0) is 7.98. The summed E-state index contributed by atoms with van der Waals surface area (Å²) >= 11 is 0. The number of hydrogen-bond acceptors (Lipinski definition) is 2. The fourth-order valence-corrected chi connectivity index (χ4v) is 0.380. The number of carbonyl (C=O) groups is 1. The van der Waals surface area contributed by atoms with Gasteiger partial charge in [-0.15, -0.1) is 6.58 Å². The van der Waals surface area contributed by atoms with Crippen LogP contribution in [-0.2, 0) is 9.53 Å². The lowest BCUT2D eigenvalue weighted by Gasteiger charge is -2.00. The molecule has 0 rings (SSSR count). The van der Waals surface area contributed by atoms with Gasteiger partial charge in [0.05, 0.1) is 6.42 Å². The SMILES string of the molecule is C=CCC(=O)OCC(=C)C. The Morgan fingerprint density at radius 1 is 1.70 bits per heavy atom. The van der Waals surface area contributed by atoms with Gasteiger partial charge in [0, 0.05) is 0 Å². The smallest absolute Gasteiger partial charge is 0.309 e. The van der Waals surface area contributed by atoms with Gasteiger partial charge in [0.1, 0.15) is 6.61 Å². The van der Waals surface area contributed by atoms with E-state index in [9.17, 15) is 4.79 Å². The van der Waals surface area contributed by atoms with Crippen LogP contribution in [0.15, 0.2) is 24.8 Å². The lowest BCUT2D eigenvalue weighted by atomic mass is 10.4. The van der Waals surface area contributed by atoms with E-state index >= 15 is 0 Å². The Balaban J connectivity index is 3.39. The molecule has 0 radical (unpaired) electrons. The third-order valence-electron chi connectivity index (χ3n) is 0.791. The summed E-state index contributed by atoms with van der Waals surface area (Å²) in [6.45, 7) is 9.11. The van der Waals surface area contributed by atoms with Crippen molar-refractivity contribution in [3.05, 3.63) is 24.8 Å². The minimum absolute atomic E-state index is 0.252. The Morgan fingerprint density at radius 2 is 2.30 bits per heavy atom. The van der Waals surface area contributed by atoms with E-state index in [4.69, 9.17) is 4.74 Å². The fourth-order valence-electron chi connectivity index (χ4n) is 0.380. The highest BCUT2D eigenvalue weighted by Gasteiger charge is 1.96. The van der Waals surface area contributed by atoms with E-state index in [1.54, 1.807) is 6.92 Å². The van der Waals surface area contributed by atoms with Crippen LogP contribution in [0.25, 0.3) is 0 Å². The second kappa shape index (κ2) is 4.79. The Bertz CT molecular complexity index is 147. The molecular formula is C8H12O2. The van der Waals surface area contributed by atoms with Crippen molar-refractivity contribution in [2.45, 2.75) is 13.3 Å². The van der Waals surface area contributed by atoms with Crippen molar-refractivity contribution in [2.75, 3.05) is 6.61 Å². The van der Waals surface area contributed by atoms with Crippen LogP contribution in [0.1, 0.15) is 13.3 Å². The van der Waals surface area contributed by atoms with Crippen molar-refractivity contribution in [3.63, 3.8) is 0 Å². The molecule has 0 aromatic carbocycles. The van der Waals surface area contributed by atoms with Crippen molar-refractivity contribution in [3.8, 4) is 0 Å². The Labute approximate surface area is 61.2 Å². The van der Waals surface area contributed by atoms with E-state index in [1.165, 1.54) is 6.08 Å². The molecule has 0 bridgehead atoms. The molecule has 0 unspecified atom stereocenters. The molecule has 0 aliphatic rings. The number of ether oxygens (including phenoxy) is 1. The predicted molar refractivity (Wildman–Crippen MR) is 40.6 cm³/mol. The second-order valence-corrected chi connectivity index (χ2v) is 2.11. The van der Waals surface area contributed by atoms with Crippen molar-refractivity contribution >= 4 is 5.97 Å². The molecule has 0 heterocycles. The van der Waals surface area contributed by atoms with E-state index in [1.807, 2.05) is 0 Å². The van der Waals surface area contributed by atoms with Crippen molar-refractivity contribution in [2.24, 2.45) is 0 Å². The number of esters is 1. The molecule has 0 amide bonds. The summed E-state index contributed by atoms with van der Waals surface area (Å²) in [7, 11) is 0. The van der Waals surface area contributed by atoms with E-state index in [-0.39, 0.29) is 12.4 Å². The van der Waals surface area contributed by atoms with Gasteiger partial charge in [-0.2, -0.15) is 0 Å². The van der Waals surface area contributed by atoms with Gasteiger partial charge < -0.3 is 4.74 Å². The summed E-state index contributed by atoms with van der Waals surface area (Å²) in [6, 6.07) is 0. The van der Waals surface area contributed by atoms with Gasteiger partial charge in [0.25, 0.3) is 0 Å². The minimum Gasteiger partial charge on any atom is -0.461 e. The topological polar surface area (TPSA) is 26.3 Å². The normalized spacial score (nSPS) is 8.50. The first-order valence-electron chi connectivity index (χ1n) is 3.07. The number of rotatable bonds is 4. The molecule has 0 spiro atoms. The first-order valence-corrected chi connectivity index (χ1v) is 3.07. The molecule has 0 aliphatic heterocycles. The molecule has 0 saturated carbocycles. The summed E-state index contributed by atoms with van der Waals surface area (Å²) < 4.78 is 4.73. The van der Waals surface area contributed by atoms with Gasteiger partial charge >= 0.3 is 5.97 Å². The molecular weight excluding hydrogens is 128 g/mol. The molecule has 0 saturated heterocycles. The van der Waals surface area contributed by atoms with Crippen LogP contribution in [0.3, 0.4) is 0 Å². The van der Waals surface area contributed by atoms with Crippen LogP contribution >= 0.6 is 0 Å². The maximum absolute atomic E-state index is 10.6. The molecule has 0 aromatic rings.